The first-order valence-electron chi connectivity index (χ1n) is 6.89. The van der Waals surface area contributed by atoms with Crippen molar-refractivity contribution in [2.45, 2.75) is 38.3 Å². The summed E-state index contributed by atoms with van der Waals surface area (Å²) in [6.07, 6.45) is 3.79. The van der Waals surface area contributed by atoms with E-state index < -0.39 is 0 Å². The van der Waals surface area contributed by atoms with Crippen LogP contribution in [0.2, 0.25) is 0 Å². The largest absolute Gasteiger partial charge is 0.379 e. The second-order valence-corrected chi connectivity index (χ2v) is 6.44. The van der Waals surface area contributed by atoms with Gasteiger partial charge in [0.05, 0.1) is 17.1 Å². The maximum atomic E-state index is 10.9. The number of halogens is 1. The highest BCUT2D eigenvalue weighted by molar-refractivity contribution is 9.10. The molecule has 2 fully saturated rings. The first kappa shape index (κ1) is 13.8. The van der Waals surface area contributed by atoms with Crippen LogP contribution in [-0.2, 0) is 4.74 Å². The van der Waals surface area contributed by atoms with Crippen LogP contribution in [0, 0.1) is 23.0 Å². The van der Waals surface area contributed by atoms with E-state index in [-0.39, 0.29) is 16.7 Å². The van der Waals surface area contributed by atoms with Crippen LogP contribution >= 0.6 is 15.9 Å². The van der Waals surface area contributed by atoms with E-state index in [4.69, 9.17) is 4.74 Å². The lowest BCUT2D eigenvalue weighted by Crippen LogP contribution is -2.31. The van der Waals surface area contributed by atoms with Gasteiger partial charge in [-0.25, -0.2) is 0 Å². The Kier molecular flexibility index (Phi) is 3.69. The van der Waals surface area contributed by atoms with Gasteiger partial charge in [0.2, 0.25) is 0 Å². The Balaban J connectivity index is 1.80. The van der Waals surface area contributed by atoms with Crippen LogP contribution in [0.5, 0.6) is 0 Å². The maximum absolute atomic E-state index is 10.9. The molecular weight excluding hydrogens is 324 g/mol. The quantitative estimate of drug-likeness (QED) is 0.671. The second kappa shape index (κ2) is 5.33. The van der Waals surface area contributed by atoms with Crippen LogP contribution < -0.4 is 5.32 Å². The fourth-order valence-electron chi connectivity index (χ4n) is 2.83. The van der Waals surface area contributed by atoms with Gasteiger partial charge in [0, 0.05) is 28.4 Å². The molecule has 1 aromatic rings. The molecule has 0 amide bonds. The molecule has 1 aliphatic heterocycles. The van der Waals surface area contributed by atoms with E-state index in [9.17, 15) is 10.1 Å². The summed E-state index contributed by atoms with van der Waals surface area (Å²) in [5.74, 6) is 0.688. The highest BCUT2D eigenvalue weighted by Gasteiger charge is 2.40. The van der Waals surface area contributed by atoms with E-state index in [1.54, 1.807) is 13.0 Å². The summed E-state index contributed by atoms with van der Waals surface area (Å²) in [6, 6.07) is 3.71. The zero-order valence-electron chi connectivity index (χ0n) is 11.3. The number of nitrogens with one attached hydrogen (secondary N) is 1. The standard InChI is InChI=1S/C14H17BrN2O3/c1-8-6-12(10(15)7-13(8)17(18)19)16-11-4-5-20-14(11)9-2-3-9/h6-7,9,11,14,16H,2-5H2,1H3. The van der Waals surface area contributed by atoms with Crippen molar-refractivity contribution in [1.29, 1.82) is 0 Å². The number of hydrogen-bond donors (Lipinski definition) is 1. The predicted molar refractivity (Wildman–Crippen MR) is 80.0 cm³/mol. The Labute approximate surface area is 126 Å². The molecule has 1 saturated carbocycles. The van der Waals surface area contributed by atoms with Crippen LogP contribution in [-0.4, -0.2) is 23.7 Å². The molecule has 2 unspecified atom stereocenters. The van der Waals surface area contributed by atoms with Gasteiger partial charge in [-0.3, -0.25) is 10.1 Å². The molecule has 0 spiro atoms. The normalized spacial score (nSPS) is 25.7. The van der Waals surface area contributed by atoms with E-state index in [1.807, 2.05) is 6.07 Å². The van der Waals surface area contributed by atoms with E-state index in [2.05, 4.69) is 21.2 Å². The Hall–Kier alpha value is -1.14. The number of nitrogens with zero attached hydrogens (tertiary/aromatic N) is 1. The number of ether oxygens (including phenoxy) is 1. The highest BCUT2D eigenvalue weighted by atomic mass is 79.9. The van der Waals surface area contributed by atoms with Crippen molar-refractivity contribution in [2.75, 3.05) is 11.9 Å². The van der Waals surface area contributed by atoms with Crippen LogP contribution in [0.4, 0.5) is 11.4 Å². The van der Waals surface area contributed by atoms with Gasteiger partial charge in [0.15, 0.2) is 0 Å². The average molecular weight is 341 g/mol. The fourth-order valence-corrected chi connectivity index (χ4v) is 3.28. The van der Waals surface area contributed by atoms with E-state index >= 15 is 0 Å². The molecular formula is C14H17BrN2O3. The minimum absolute atomic E-state index is 0.142. The monoisotopic (exact) mass is 340 g/mol. The number of rotatable bonds is 4. The molecule has 1 aromatic carbocycles. The first-order chi connectivity index (χ1) is 9.56. The summed E-state index contributed by atoms with van der Waals surface area (Å²) in [4.78, 5) is 10.6. The number of aryl methyl sites for hydroxylation is 1. The summed E-state index contributed by atoms with van der Waals surface area (Å²) in [6.45, 7) is 2.56. The van der Waals surface area contributed by atoms with E-state index in [0.717, 1.165) is 23.2 Å². The minimum atomic E-state index is -0.352. The van der Waals surface area contributed by atoms with Crippen LogP contribution in [0.1, 0.15) is 24.8 Å². The van der Waals surface area contributed by atoms with Gasteiger partial charge in [-0.05, 0) is 54.1 Å². The molecule has 1 saturated heterocycles. The molecule has 1 N–H and O–H groups in total. The lowest BCUT2D eigenvalue weighted by Gasteiger charge is -2.21. The van der Waals surface area contributed by atoms with Gasteiger partial charge in [-0.15, -0.1) is 0 Å². The van der Waals surface area contributed by atoms with Crippen molar-refractivity contribution < 1.29 is 9.66 Å². The van der Waals surface area contributed by atoms with Gasteiger partial charge in [0.1, 0.15) is 0 Å². The molecule has 0 aromatic heterocycles. The van der Waals surface area contributed by atoms with Crippen molar-refractivity contribution in [3.05, 3.63) is 32.3 Å². The maximum Gasteiger partial charge on any atom is 0.273 e. The van der Waals surface area contributed by atoms with E-state index in [0.29, 0.717) is 17.5 Å². The van der Waals surface area contributed by atoms with Crippen LogP contribution in [0.3, 0.4) is 0 Å². The molecule has 20 heavy (non-hydrogen) atoms. The number of nitro groups is 1. The Bertz CT molecular complexity index is 545. The molecule has 108 valence electrons. The molecule has 0 radical (unpaired) electrons. The third-order valence-corrected chi connectivity index (χ3v) is 4.70. The Morgan fingerprint density at radius 1 is 1.40 bits per heavy atom. The molecule has 6 heteroatoms. The Morgan fingerprint density at radius 2 is 2.15 bits per heavy atom. The summed E-state index contributed by atoms with van der Waals surface area (Å²) in [5.41, 5.74) is 1.72. The van der Waals surface area contributed by atoms with E-state index in [1.165, 1.54) is 12.8 Å². The topological polar surface area (TPSA) is 64.4 Å². The smallest absolute Gasteiger partial charge is 0.273 e. The van der Waals surface area contributed by atoms with Gasteiger partial charge in [-0.2, -0.15) is 0 Å². The fraction of sp³-hybridized carbons (Fsp3) is 0.571. The second-order valence-electron chi connectivity index (χ2n) is 5.59. The average Bonchev–Trinajstić information content (AvgIpc) is 3.14. The molecule has 3 rings (SSSR count). The number of anilines is 1. The van der Waals surface area contributed by atoms with Crippen LogP contribution in [0.15, 0.2) is 16.6 Å². The number of nitro benzene ring substituents is 1. The van der Waals surface area contributed by atoms with Crippen LogP contribution in [0.25, 0.3) is 0 Å². The highest BCUT2D eigenvalue weighted by Crippen LogP contribution is 2.40. The molecule has 2 atom stereocenters. The zero-order valence-corrected chi connectivity index (χ0v) is 12.9. The predicted octanol–water partition coefficient (Wildman–Crippen LogP) is 3.65. The Morgan fingerprint density at radius 3 is 2.80 bits per heavy atom. The summed E-state index contributed by atoms with van der Waals surface area (Å²) in [7, 11) is 0. The molecule has 1 heterocycles. The molecule has 1 aliphatic carbocycles. The third-order valence-electron chi connectivity index (χ3n) is 4.05. The van der Waals surface area contributed by atoms with Crippen molar-refractivity contribution in [3.8, 4) is 0 Å². The first-order valence-corrected chi connectivity index (χ1v) is 7.68. The molecule has 2 aliphatic rings. The van der Waals surface area contributed by atoms with Gasteiger partial charge in [0.25, 0.3) is 5.69 Å². The zero-order chi connectivity index (χ0) is 14.3. The van der Waals surface area contributed by atoms with Gasteiger partial charge >= 0.3 is 0 Å². The summed E-state index contributed by atoms with van der Waals surface area (Å²) in [5, 5.41) is 14.4. The van der Waals surface area contributed by atoms with Crippen molar-refractivity contribution >= 4 is 27.3 Å². The molecule has 0 bridgehead atoms. The lowest BCUT2D eigenvalue weighted by atomic mass is 10.1. The summed E-state index contributed by atoms with van der Waals surface area (Å²) >= 11 is 3.42. The van der Waals surface area contributed by atoms with Gasteiger partial charge in [-0.1, -0.05) is 0 Å². The number of benzene rings is 1. The van der Waals surface area contributed by atoms with Crippen molar-refractivity contribution in [2.24, 2.45) is 5.92 Å². The lowest BCUT2D eigenvalue weighted by molar-refractivity contribution is -0.385. The SMILES string of the molecule is Cc1cc(NC2CCOC2C2CC2)c(Br)cc1[N+](=O)[O-]. The van der Waals surface area contributed by atoms with Crippen molar-refractivity contribution in [1.82, 2.24) is 0 Å². The third kappa shape index (κ3) is 2.67. The number of hydrogen-bond acceptors (Lipinski definition) is 4. The van der Waals surface area contributed by atoms with Crippen molar-refractivity contribution in [3.63, 3.8) is 0 Å². The van der Waals surface area contributed by atoms with Gasteiger partial charge < -0.3 is 10.1 Å². The molecule has 5 nitrogen and oxygen atoms in total. The summed E-state index contributed by atoms with van der Waals surface area (Å²) < 4.78 is 6.54. The minimum Gasteiger partial charge on any atom is -0.379 e.